The molecular formula is C17H25BrFN. The molecule has 1 atom stereocenters. The van der Waals surface area contributed by atoms with Crippen LogP contribution in [0.25, 0.3) is 0 Å². The number of hydrogen-bond donors (Lipinski definition) is 1. The van der Waals surface area contributed by atoms with Crippen molar-refractivity contribution in [3.8, 4) is 0 Å². The van der Waals surface area contributed by atoms with Crippen LogP contribution >= 0.6 is 15.9 Å². The Kier molecular flexibility index (Phi) is 5.62. The van der Waals surface area contributed by atoms with E-state index in [1.807, 2.05) is 6.07 Å². The minimum Gasteiger partial charge on any atom is -0.313 e. The monoisotopic (exact) mass is 341 g/mol. The minimum absolute atomic E-state index is 0.153. The summed E-state index contributed by atoms with van der Waals surface area (Å²) >= 11 is 3.39. The van der Waals surface area contributed by atoms with Crippen LogP contribution in [0.2, 0.25) is 0 Å². The molecule has 20 heavy (non-hydrogen) atoms. The van der Waals surface area contributed by atoms with Crippen molar-refractivity contribution in [2.75, 3.05) is 6.54 Å². The average molecular weight is 342 g/mol. The van der Waals surface area contributed by atoms with Crippen molar-refractivity contribution in [2.45, 2.75) is 58.4 Å². The predicted octanol–water partition coefficient (Wildman–Crippen LogP) is 5.08. The fraction of sp³-hybridized carbons (Fsp3) is 0.647. The third-order valence-corrected chi connectivity index (χ3v) is 5.05. The summed E-state index contributed by atoms with van der Waals surface area (Å²) in [5.74, 6) is -0.153. The molecule has 0 amide bonds. The van der Waals surface area contributed by atoms with Gasteiger partial charge in [0.1, 0.15) is 5.82 Å². The Balaban J connectivity index is 2.14. The van der Waals surface area contributed by atoms with Gasteiger partial charge in [-0.25, -0.2) is 4.39 Å². The van der Waals surface area contributed by atoms with E-state index in [-0.39, 0.29) is 5.82 Å². The van der Waals surface area contributed by atoms with Gasteiger partial charge in [-0.3, -0.25) is 0 Å². The molecule has 0 bridgehead atoms. The first-order valence-corrected chi connectivity index (χ1v) is 8.51. The van der Waals surface area contributed by atoms with Gasteiger partial charge < -0.3 is 5.32 Å². The van der Waals surface area contributed by atoms with Crippen molar-refractivity contribution in [3.05, 3.63) is 34.1 Å². The van der Waals surface area contributed by atoms with Gasteiger partial charge in [0, 0.05) is 10.5 Å². The Morgan fingerprint density at radius 3 is 2.60 bits per heavy atom. The summed E-state index contributed by atoms with van der Waals surface area (Å²) in [6.45, 7) is 5.62. The fourth-order valence-corrected chi connectivity index (χ4v) is 3.89. The van der Waals surface area contributed by atoms with E-state index in [9.17, 15) is 4.39 Å². The van der Waals surface area contributed by atoms with E-state index in [1.54, 1.807) is 6.07 Å². The maximum absolute atomic E-state index is 13.6. The van der Waals surface area contributed by atoms with Crippen molar-refractivity contribution < 1.29 is 4.39 Å². The highest BCUT2D eigenvalue weighted by Crippen LogP contribution is 2.41. The van der Waals surface area contributed by atoms with Crippen molar-refractivity contribution in [1.82, 2.24) is 5.32 Å². The molecule has 112 valence electrons. The molecule has 1 unspecified atom stereocenters. The first-order chi connectivity index (χ1) is 9.53. The van der Waals surface area contributed by atoms with E-state index in [2.05, 4.69) is 35.1 Å². The van der Waals surface area contributed by atoms with Crippen LogP contribution in [0.4, 0.5) is 4.39 Å². The van der Waals surface area contributed by atoms with Gasteiger partial charge >= 0.3 is 0 Å². The minimum atomic E-state index is -0.153. The van der Waals surface area contributed by atoms with Crippen LogP contribution in [0, 0.1) is 11.2 Å². The van der Waals surface area contributed by atoms with Gasteiger partial charge in [0.2, 0.25) is 0 Å². The molecule has 1 aliphatic rings. The summed E-state index contributed by atoms with van der Waals surface area (Å²) in [6.07, 6.45) is 7.27. The molecule has 1 nitrogen and oxygen atoms in total. The SMILES string of the molecule is CCCNC(Cc1cc(F)cc(Br)c1)C1(C)CCCC1. The second kappa shape index (κ2) is 7.04. The third kappa shape index (κ3) is 4.05. The molecule has 1 aromatic carbocycles. The van der Waals surface area contributed by atoms with Gasteiger partial charge in [-0.05, 0) is 61.4 Å². The Hall–Kier alpha value is -0.410. The maximum atomic E-state index is 13.6. The van der Waals surface area contributed by atoms with E-state index >= 15 is 0 Å². The summed E-state index contributed by atoms with van der Waals surface area (Å²) in [4.78, 5) is 0. The summed E-state index contributed by atoms with van der Waals surface area (Å²) < 4.78 is 14.4. The Bertz CT molecular complexity index is 420. The highest BCUT2D eigenvalue weighted by molar-refractivity contribution is 9.10. The topological polar surface area (TPSA) is 12.0 Å². The summed E-state index contributed by atoms with van der Waals surface area (Å²) in [6, 6.07) is 5.68. The number of benzene rings is 1. The van der Waals surface area contributed by atoms with Crippen LogP contribution in [0.15, 0.2) is 22.7 Å². The van der Waals surface area contributed by atoms with Crippen LogP contribution in [0.5, 0.6) is 0 Å². The molecule has 0 spiro atoms. The van der Waals surface area contributed by atoms with Gasteiger partial charge in [-0.1, -0.05) is 42.6 Å². The van der Waals surface area contributed by atoms with Gasteiger partial charge in [-0.15, -0.1) is 0 Å². The highest BCUT2D eigenvalue weighted by atomic mass is 79.9. The average Bonchev–Trinajstić information content (AvgIpc) is 2.81. The highest BCUT2D eigenvalue weighted by Gasteiger charge is 2.36. The second-order valence-corrected chi connectivity index (χ2v) is 7.27. The maximum Gasteiger partial charge on any atom is 0.124 e. The standard InChI is InChI=1S/C17H25BrFN/c1-3-8-20-16(17(2)6-4-5-7-17)11-13-9-14(18)12-15(19)10-13/h9-10,12,16,20H,3-8,11H2,1-2H3. The van der Waals surface area contributed by atoms with Crippen LogP contribution < -0.4 is 5.32 Å². The quantitative estimate of drug-likeness (QED) is 0.760. The number of hydrogen-bond acceptors (Lipinski definition) is 1. The zero-order chi connectivity index (χ0) is 14.6. The molecule has 0 aliphatic heterocycles. The molecule has 0 aromatic heterocycles. The Labute approximate surface area is 130 Å². The van der Waals surface area contributed by atoms with Crippen molar-refractivity contribution in [2.24, 2.45) is 5.41 Å². The fourth-order valence-electron chi connectivity index (χ4n) is 3.38. The summed E-state index contributed by atoms with van der Waals surface area (Å²) in [5.41, 5.74) is 1.44. The normalized spacial score (nSPS) is 19.2. The zero-order valence-corrected chi connectivity index (χ0v) is 14.1. The summed E-state index contributed by atoms with van der Waals surface area (Å²) in [5, 5.41) is 3.70. The molecule has 1 aromatic rings. The molecule has 1 aliphatic carbocycles. The number of rotatable bonds is 6. The molecule has 0 heterocycles. The smallest absolute Gasteiger partial charge is 0.124 e. The molecule has 1 saturated carbocycles. The van der Waals surface area contributed by atoms with Crippen LogP contribution in [-0.2, 0) is 6.42 Å². The third-order valence-electron chi connectivity index (χ3n) is 4.59. The predicted molar refractivity (Wildman–Crippen MR) is 86.5 cm³/mol. The van der Waals surface area contributed by atoms with Gasteiger partial charge in [0.15, 0.2) is 0 Å². The number of nitrogens with one attached hydrogen (secondary N) is 1. The lowest BCUT2D eigenvalue weighted by Crippen LogP contribution is -2.44. The van der Waals surface area contributed by atoms with E-state index in [0.717, 1.165) is 29.4 Å². The zero-order valence-electron chi connectivity index (χ0n) is 12.5. The molecule has 3 heteroatoms. The Morgan fingerprint density at radius 1 is 1.30 bits per heavy atom. The van der Waals surface area contributed by atoms with Gasteiger partial charge in [-0.2, -0.15) is 0 Å². The van der Waals surface area contributed by atoms with E-state index in [0.29, 0.717) is 11.5 Å². The largest absolute Gasteiger partial charge is 0.313 e. The lowest BCUT2D eigenvalue weighted by atomic mass is 9.77. The second-order valence-electron chi connectivity index (χ2n) is 6.35. The molecule has 2 rings (SSSR count). The lowest BCUT2D eigenvalue weighted by Gasteiger charge is -2.35. The molecule has 1 N–H and O–H groups in total. The molecule has 0 radical (unpaired) electrons. The van der Waals surface area contributed by atoms with Gasteiger partial charge in [0.25, 0.3) is 0 Å². The van der Waals surface area contributed by atoms with Crippen molar-refractivity contribution in [3.63, 3.8) is 0 Å². The molecule has 1 fully saturated rings. The summed E-state index contributed by atoms with van der Waals surface area (Å²) in [7, 11) is 0. The first kappa shape index (κ1) is 16.0. The van der Waals surface area contributed by atoms with Crippen molar-refractivity contribution in [1.29, 1.82) is 0 Å². The number of halogens is 2. The molecule has 0 saturated heterocycles. The van der Waals surface area contributed by atoms with E-state index in [4.69, 9.17) is 0 Å². The van der Waals surface area contributed by atoms with Crippen LogP contribution in [0.1, 0.15) is 51.5 Å². The molecular weight excluding hydrogens is 317 g/mol. The van der Waals surface area contributed by atoms with E-state index < -0.39 is 0 Å². The van der Waals surface area contributed by atoms with Crippen LogP contribution in [-0.4, -0.2) is 12.6 Å². The first-order valence-electron chi connectivity index (χ1n) is 7.72. The van der Waals surface area contributed by atoms with E-state index in [1.165, 1.54) is 31.7 Å². The van der Waals surface area contributed by atoms with Crippen LogP contribution in [0.3, 0.4) is 0 Å². The van der Waals surface area contributed by atoms with Gasteiger partial charge in [0.05, 0.1) is 0 Å². The lowest BCUT2D eigenvalue weighted by molar-refractivity contribution is 0.219. The van der Waals surface area contributed by atoms with Crippen molar-refractivity contribution >= 4 is 15.9 Å². The Morgan fingerprint density at radius 2 is 2.00 bits per heavy atom.